The van der Waals surface area contributed by atoms with Crippen LogP contribution in [-0.4, -0.2) is 25.4 Å². The van der Waals surface area contributed by atoms with Crippen molar-refractivity contribution >= 4 is 0 Å². The van der Waals surface area contributed by atoms with E-state index in [0.717, 1.165) is 26.1 Å². The molecule has 0 bridgehead atoms. The standard InChI is InChI=1S/C10H14O2/c1-3-7-11-9(5-1)10-6-2-4-8-12-10/h1-2,5-6,9-10H,3-4,7-8H2. The molecule has 2 unspecified atom stereocenters. The minimum absolute atomic E-state index is 0.148. The molecule has 0 aromatic heterocycles. The molecule has 12 heavy (non-hydrogen) atoms. The molecule has 2 aliphatic rings. The third-order valence-electron chi connectivity index (χ3n) is 2.16. The smallest absolute Gasteiger partial charge is 0.105 e. The molecule has 0 aromatic carbocycles. The van der Waals surface area contributed by atoms with Gasteiger partial charge in [-0.2, -0.15) is 0 Å². The Morgan fingerprint density at radius 3 is 1.67 bits per heavy atom. The van der Waals surface area contributed by atoms with Crippen molar-refractivity contribution in [2.24, 2.45) is 0 Å². The van der Waals surface area contributed by atoms with E-state index in [0.29, 0.717) is 0 Å². The third kappa shape index (κ3) is 1.76. The fourth-order valence-corrected chi connectivity index (χ4v) is 1.52. The van der Waals surface area contributed by atoms with E-state index in [9.17, 15) is 0 Å². The van der Waals surface area contributed by atoms with Gasteiger partial charge >= 0.3 is 0 Å². The Kier molecular flexibility index (Phi) is 2.59. The monoisotopic (exact) mass is 166 g/mol. The Morgan fingerprint density at radius 1 is 0.833 bits per heavy atom. The minimum atomic E-state index is 0.148. The zero-order valence-electron chi connectivity index (χ0n) is 7.11. The second-order valence-electron chi connectivity index (χ2n) is 3.10. The lowest BCUT2D eigenvalue weighted by atomic mass is 10.1. The second-order valence-corrected chi connectivity index (χ2v) is 3.10. The van der Waals surface area contributed by atoms with E-state index in [1.165, 1.54) is 0 Å². The molecule has 66 valence electrons. The van der Waals surface area contributed by atoms with Crippen LogP contribution in [0.3, 0.4) is 0 Å². The Hall–Kier alpha value is -0.600. The van der Waals surface area contributed by atoms with Crippen LogP contribution in [0.15, 0.2) is 24.3 Å². The van der Waals surface area contributed by atoms with Crippen molar-refractivity contribution in [2.45, 2.75) is 25.0 Å². The topological polar surface area (TPSA) is 18.5 Å². The molecule has 0 aromatic rings. The fourth-order valence-electron chi connectivity index (χ4n) is 1.52. The van der Waals surface area contributed by atoms with Gasteiger partial charge in [-0.1, -0.05) is 24.3 Å². The van der Waals surface area contributed by atoms with E-state index in [1.54, 1.807) is 0 Å². The van der Waals surface area contributed by atoms with Crippen molar-refractivity contribution in [1.29, 1.82) is 0 Å². The summed E-state index contributed by atoms with van der Waals surface area (Å²) in [5.74, 6) is 0. The molecule has 2 heteroatoms. The van der Waals surface area contributed by atoms with Crippen molar-refractivity contribution in [1.82, 2.24) is 0 Å². The predicted octanol–water partition coefficient (Wildman–Crippen LogP) is 1.68. The van der Waals surface area contributed by atoms with E-state index >= 15 is 0 Å². The number of hydrogen-bond acceptors (Lipinski definition) is 2. The fraction of sp³-hybridized carbons (Fsp3) is 0.600. The largest absolute Gasteiger partial charge is 0.371 e. The summed E-state index contributed by atoms with van der Waals surface area (Å²) in [6, 6.07) is 0. The van der Waals surface area contributed by atoms with Crippen molar-refractivity contribution in [3.05, 3.63) is 24.3 Å². The molecule has 0 amide bonds. The Bertz CT molecular complexity index is 174. The molecule has 0 aliphatic carbocycles. The number of rotatable bonds is 1. The van der Waals surface area contributed by atoms with E-state index in [1.807, 2.05) is 0 Å². The minimum Gasteiger partial charge on any atom is -0.371 e. The van der Waals surface area contributed by atoms with E-state index in [4.69, 9.17) is 9.47 Å². The first kappa shape index (κ1) is 8.02. The second kappa shape index (κ2) is 3.87. The molecule has 0 saturated heterocycles. The SMILES string of the molecule is C1=CC(C2C=CCCO2)OCC1. The molecule has 2 heterocycles. The summed E-state index contributed by atoms with van der Waals surface area (Å²) in [7, 11) is 0. The summed E-state index contributed by atoms with van der Waals surface area (Å²) in [4.78, 5) is 0. The molecule has 2 nitrogen and oxygen atoms in total. The van der Waals surface area contributed by atoms with Gasteiger partial charge in [0.1, 0.15) is 12.2 Å². The van der Waals surface area contributed by atoms with Crippen LogP contribution in [0.25, 0.3) is 0 Å². The first-order valence-electron chi connectivity index (χ1n) is 4.53. The molecule has 0 fully saturated rings. The van der Waals surface area contributed by atoms with Crippen LogP contribution < -0.4 is 0 Å². The maximum Gasteiger partial charge on any atom is 0.105 e. The van der Waals surface area contributed by atoms with Gasteiger partial charge in [-0.05, 0) is 12.8 Å². The molecule has 0 N–H and O–H groups in total. The summed E-state index contributed by atoms with van der Waals surface area (Å²) in [6.07, 6.45) is 10.9. The lowest BCUT2D eigenvalue weighted by Gasteiger charge is -2.26. The van der Waals surface area contributed by atoms with Gasteiger partial charge in [-0.25, -0.2) is 0 Å². The van der Waals surface area contributed by atoms with Crippen LogP contribution in [0.5, 0.6) is 0 Å². The van der Waals surface area contributed by atoms with Gasteiger partial charge in [0.05, 0.1) is 13.2 Å². The van der Waals surface area contributed by atoms with Crippen LogP contribution in [0.2, 0.25) is 0 Å². The summed E-state index contributed by atoms with van der Waals surface area (Å²) < 4.78 is 11.1. The summed E-state index contributed by atoms with van der Waals surface area (Å²) in [5.41, 5.74) is 0. The van der Waals surface area contributed by atoms with Crippen LogP contribution in [0.4, 0.5) is 0 Å². The van der Waals surface area contributed by atoms with Crippen LogP contribution in [0.1, 0.15) is 12.8 Å². The summed E-state index contributed by atoms with van der Waals surface area (Å²) >= 11 is 0. The average Bonchev–Trinajstić information content (AvgIpc) is 2.21. The highest BCUT2D eigenvalue weighted by Crippen LogP contribution is 2.15. The van der Waals surface area contributed by atoms with Gasteiger partial charge in [0.25, 0.3) is 0 Å². The van der Waals surface area contributed by atoms with E-state index in [-0.39, 0.29) is 12.2 Å². The molecule has 0 saturated carbocycles. The Morgan fingerprint density at radius 2 is 1.33 bits per heavy atom. The van der Waals surface area contributed by atoms with Gasteiger partial charge < -0.3 is 9.47 Å². The first-order valence-corrected chi connectivity index (χ1v) is 4.53. The molecule has 2 aliphatic heterocycles. The third-order valence-corrected chi connectivity index (χ3v) is 2.16. The quantitative estimate of drug-likeness (QED) is 0.552. The lowest BCUT2D eigenvalue weighted by molar-refractivity contribution is -0.0353. The predicted molar refractivity (Wildman–Crippen MR) is 47.0 cm³/mol. The number of hydrogen-bond donors (Lipinski definition) is 0. The van der Waals surface area contributed by atoms with Crippen LogP contribution >= 0.6 is 0 Å². The van der Waals surface area contributed by atoms with E-state index < -0.39 is 0 Å². The van der Waals surface area contributed by atoms with Crippen molar-refractivity contribution < 1.29 is 9.47 Å². The maximum absolute atomic E-state index is 5.55. The van der Waals surface area contributed by atoms with Gasteiger partial charge in [-0.3, -0.25) is 0 Å². The molecule has 2 atom stereocenters. The Balaban J connectivity index is 1.97. The van der Waals surface area contributed by atoms with Gasteiger partial charge in [0.2, 0.25) is 0 Å². The van der Waals surface area contributed by atoms with Crippen molar-refractivity contribution in [2.75, 3.05) is 13.2 Å². The van der Waals surface area contributed by atoms with Crippen molar-refractivity contribution in [3.63, 3.8) is 0 Å². The highest BCUT2D eigenvalue weighted by atomic mass is 16.5. The normalized spacial score (nSPS) is 35.3. The zero-order chi connectivity index (χ0) is 8.23. The van der Waals surface area contributed by atoms with Gasteiger partial charge in [0.15, 0.2) is 0 Å². The van der Waals surface area contributed by atoms with Gasteiger partial charge in [0, 0.05) is 0 Å². The van der Waals surface area contributed by atoms with Gasteiger partial charge in [-0.15, -0.1) is 0 Å². The summed E-state index contributed by atoms with van der Waals surface area (Å²) in [5, 5.41) is 0. The van der Waals surface area contributed by atoms with Crippen LogP contribution in [-0.2, 0) is 9.47 Å². The molecular formula is C10H14O2. The zero-order valence-corrected chi connectivity index (χ0v) is 7.11. The highest BCUT2D eigenvalue weighted by Gasteiger charge is 2.20. The molecule has 2 rings (SSSR count). The molecule has 0 radical (unpaired) electrons. The first-order chi connectivity index (χ1) is 5.97. The molecule has 0 spiro atoms. The Labute approximate surface area is 72.9 Å². The van der Waals surface area contributed by atoms with Crippen LogP contribution in [0, 0.1) is 0 Å². The molecular weight excluding hydrogens is 152 g/mol. The van der Waals surface area contributed by atoms with Crippen molar-refractivity contribution in [3.8, 4) is 0 Å². The maximum atomic E-state index is 5.55. The lowest BCUT2D eigenvalue weighted by Crippen LogP contribution is -2.32. The highest BCUT2D eigenvalue weighted by molar-refractivity contribution is 5.06. The van der Waals surface area contributed by atoms with E-state index in [2.05, 4.69) is 24.3 Å². The number of ether oxygens (including phenoxy) is 2. The summed E-state index contributed by atoms with van der Waals surface area (Å²) in [6.45, 7) is 1.66. The average molecular weight is 166 g/mol.